The zero-order valence-corrected chi connectivity index (χ0v) is 18.9. The average Bonchev–Trinajstić information content (AvgIpc) is 3.24. The summed E-state index contributed by atoms with van der Waals surface area (Å²) in [6.07, 6.45) is -4.17. The van der Waals surface area contributed by atoms with E-state index in [4.69, 9.17) is 23.7 Å². The molecule has 8 nitrogen and oxygen atoms in total. The average molecular weight is 476 g/mol. The number of methoxy groups -OCH3 is 1. The van der Waals surface area contributed by atoms with Crippen LogP contribution in [0.5, 0.6) is 0 Å². The highest BCUT2D eigenvalue weighted by atomic mass is 16.7. The molecule has 1 fully saturated rings. The molecule has 4 atom stereocenters. The van der Waals surface area contributed by atoms with E-state index in [2.05, 4.69) is 0 Å². The van der Waals surface area contributed by atoms with Crippen LogP contribution < -0.4 is 0 Å². The molecule has 8 heteroatoms. The minimum atomic E-state index is -1.10. The quantitative estimate of drug-likeness (QED) is 0.359. The molecule has 1 aliphatic heterocycles. The summed E-state index contributed by atoms with van der Waals surface area (Å²) in [6, 6.07) is 25.2. The van der Waals surface area contributed by atoms with Gasteiger partial charge in [-0.2, -0.15) is 0 Å². The molecule has 3 aromatic rings. The molecular formula is C27H24O8. The maximum atomic E-state index is 12.8. The van der Waals surface area contributed by atoms with Crippen LogP contribution in [0.1, 0.15) is 31.1 Å². The SMILES string of the molecule is COC1O[C@@H](COC(=O)c2ccccc2)C(OC(=O)c2ccccc2)C1OC(=O)c1ccccc1. The van der Waals surface area contributed by atoms with Crippen molar-refractivity contribution < 1.29 is 38.1 Å². The zero-order valence-electron chi connectivity index (χ0n) is 18.9. The number of carbonyl (C=O) groups excluding carboxylic acids is 3. The summed E-state index contributed by atoms with van der Waals surface area (Å²) in [5.41, 5.74) is 0.981. The van der Waals surface area contributed by atoms with Crippen LogP contribution in [0.25, 0.3) is 0 Å². The molecule has 3 aromatic carbocycles. The third-order valence-corrected chi connectivity index (χ3v) is 5.39. The van der Waals surface area contributed by atoms with Crippen molar-refractivity contribution in [2.75, 3.05) is 13.7 Å². The van der Waals surface area contributed by atoms with E-state index in [1.165, 1.54) is 7.11 Å². The van der Waals surface area contributed by atoms with Crippen molar-refractivity contribution in [1.29, 1.82) is 0 Å². The van der Waals surface area contributed by atoms with Gasteiger partial charge in [0.25, 0.3) is 0 Å². The van der Waals surface area contributed by atoms with E-state index in [1.54, 1.807) is 91.0 Å². The first kappa shape index (κ1) is 24.1. The van der Waals surface area contributed by atoms with Crippen LogP contribution in [0.15, 0.2) is 91.0 Å². The van der Waals surface area contributed by atoms with Crippen LogP contribution in [0.3, 0.4) is 0 Å². The number of hydrogen-bond acceptors (Lipinski definition) is 8. The molecule has 180 valence electrons. The Morgan fingerprint density at radius 3 is 1.54 bits per heavy atom. The Morgan fingerprint density at radius 2 is 1.09 bits per heavy atom. The van der Waals surface area contributed by atoms with Crippen LogP contribution in [-0.4, -0.2) is 56.2 Å². The van der Waals surface area contributed by atoms with Crippen LogP contribution in [0.2, 0.25) is 0 Å². The molecule has 1 saturated heterocycles. The van der Waals surface area contributed by atoms with E-state index in [0.29, 0.717) is 16.7 Å². The molecule has 1 aliphatic rings. The number of hydrogen-bond donors (Lipinski definition) is 0. The van der Waals surface area contributed by atoms with E-state index in [1.807, 2.05) is 0 Å². The molecule has 0 aromatic heterocycles. The van der Waals surface area contributed by atoms with Gasteiger partial charge in [-0.3, -0.25) is 0 Å². The highest BCUT2D eigenvalue weighted by molar-refractivity contribution is 5.90. The van der Waals surface area contributed by atoms with Gasteiger partial charge in [0, 0.05) is 7.11 Å². The molecule has 0 bridgehead atoms. The Hall–Kier alpha value is -4.01. The van der Waals surface area contributed by atoms with Crippen molar-refractivity contribution in [2.45, 2.75) is 24.6 Å². The van der Waals surface area contributed by atoms with Gasteiger partial charge >= 0.3 is 17.9 Å². The predicted octanol–water partition coefficient (Wildman–Crippen LogP) is 3.67. The van der Waals surface area contributed by atoms with E-state index >= 15 is 0 Å². The molecular weight excluding hydrogens is 452 g/mol. The van der Waals surface area contributed by atoms with Crippen LogP contribution in [-0.2, 0) is 23.7 Å². The molecule has 3 unspecified atom stereocenters. The molecule has 0 spiro atoms. The van der Waals surface area contributed by atoms with Gasteiger partial charge in [-0.15, -0.1) is 0 Å². The molecule has 4 rings (SSSR count). The summed E-state index contributed by atoms with van der Waals surface area (Å²) in [5.74, 6) is -1.85. The van der Waals surface area contributed by atoms with Crippen LogP contribution >= 0.6 is 0 Å². The summed E-state index contributed by atoms with van der Waals surface area (Å²) in [4.78, 5) is 38.0. The van der Waals surface area contributed by atoms with Gasteiger partial charge in [0.15, 0.2) is 18.5 Å². The second-order valence-corrected chi connectivity index (χ2v) is 7.72. The largest absolute Gasteiger partial charge is 0.459 e. The fourth-order valence-electron chi connectivity index (χ4n) is 3.63. The van der Waals surface area contributed by atoms with Gasteiger partial charge in [-0.25, -0.2) is 14.4 Å². The molecule has 0 radical (unpaired) electrons. The highest BCUT2D eigenvalue weighted by Gasteiger charge is 2.50. The maximum Gasteiger partial charge on any atom is 0.338 e. The monoisotopic (exact) mass is 476 g/mol. The van der Waals surface area contributed by atoms with Crippen molar-refractivity contribution in [2.24, 2.45) is 0 Å². The highest BCUT2D eigenvalue weighted by Crippen LogP contribution is 2.29. The third kappa shape index (κ3) is 5.92. The van der Waals surface area contributed by atoms with E-state index < -0.39 is 42.5 Å². The van der Waals surface area contributed by atoms with Crippen LogP contribution in [0.4, 0.5) is 0 Å². The number of benzene rings is 3. The Bertz CT molecular complexity index is 1130. The molecule has 0 saturated carbocycles. The lowest BCUT2D eigenvalue weighted by atomic mass is 10.1. The molecule has 35 heavy (non-hydrogen) atoms. The predicted molar refractivity (Wildman–Crippen MR) is 124 cm³/mol. The minimum absolute atomic E-state index is 0.250. The number of esters is 3. The fraction of sp³-hybridized carbons (Fsp3) is 0.222. The van der Waals surface area contributed by atoms with Gasteiger partial charge in [0.2, 0.25) is 0 Å². The van der Waals surface area contributed by atoms with Gasteiger partial charge in [-0.1, -0.05) is 54.6 Å². The topological polar surface area (TPSA) is 97.4 Å². The second-order valence-electron chi connectivity index (χ2n) is 7.72. The van der Waals surface area contributed by atoms with E-state index in [0.717, 1.165) is 0 Å². The molecule has 0 N–H and O–H groups in total. The lowest BCUT2D eigenvalue weighted by Gasteiger charge is -2.24. The Kier molecular flexibility index (Phi) is 7.87. The first-order valence-corrected chi connectivity index (χ1v) is 11.0. The number of rotatable bonds is 8. The van der Waals surface area contributed by atoms with Crippen molar-refractivity contribution >= 4 is 17.9 Å². The first-order chi connectivity index (χ1) is 17.1. The first-order valence-electron chi connectivity index (χ1n) is 11.0. The Balaban J connectivity index is 1.54. The standard InChI is InChI=1S/C27H24O8/c1-31-27-23(35-26(30)20-15-9-4-10-16-20)22(34-25(29)19-13-7-3-8-14-19)21(33-27)17-32-24(28)18-11-5-2-6-12-18/h2-16,21-23,27H,17H2,1H3/t21-,22?,23?,27?/m0/s1. The smallest absolute Gasteiger partial charge is 0.338 e. The van der Waals surface area contributed by atoms with Crippen molar-refractivity contribution in [3.8, 4) is 0 Å². The van der Waals surface area contributed by atoms with Gasteiger partial charge in [-0.05, 0) is 36.4 Å². The Labute approximate surface area is 202 Å². The fourth-order valence-corrected chi connectivity index (χ4v) is 3.63. The zero-order chi connectivity index (χ0) is 24.6. The van der Waals surface area contributed by atoms with Crippen molar-refractivity contribution in [3.63, 3.8) is 0 Å². The molecule has 0 amide bonds. The van der Waals surface area contributed by atoms with Crippen LogP contribution in [0, 0.1) is 0 Å². The van der Waals surface area contributed by atoms with Gasteiger partial charge in [0.1, 0.15) is 12.7 Å². The Morgan fingerprint density at radius 1 is 0.657 bits per heavy atom. The lowest BCUT2D eigenvalue weighted by Crippen LogP contribution is -2.42. The van der Waals surface area contributed by atoms with Crippen molar-refractivity contribution in [1.82, 2.24) is 0 Å². The summed E-state index contributed by atoms with van der Waals surface area (Å²) in [5, 5.41) is 0. The van der Waals surface area contributed by atoms with E-state index in [-0.39, 0.29) is 6.61 Å². The summed E-state index contributed by atoms with van der Waals surface area (Å²) in [7, 11) is 1.38. The summed E-state index contributed by atoms with van der Waals surface area (Å²) < 4.78 is 28.0. The summed E-state index contributed by atoms with van der Waals surface area (Å²) >= 11 is 0. The minimum Gasteiger partial charge on any atom is -0.459 e. The van der Waals surface area contributed by atoms with Crippen molar-refractivity contribution in [3.05, 3.63) is 108 Å². The summed E-state index contributed by atoms with van der Waals surface area (Å²) in [6.45, 7) is -0.250. The van der Waals surface area contributed by atoms with E-state index in [9.17, 15) is 14.4 Å². The third-order valence-electron chi connectivity index (χ3n) is 5.39. The molecule has 0 aliphatic carbocycles. The van der Waals surface area contributed by atoms with Gasteiger partial charge in [0.05, 0.1) is 16.7 Å². The molecule has 1 heterocycles. The number of ether oxygens (including phenoxy) is 5. The maximum absolute atomic E-state index is 12.8. The number of carbonyl (C=O) groups is 3. The van der Waals surface area contributed by atoms with Gasteiger partial charge < -0.3 is 23.7 Å². The normalized spacial score (nSPS) is 21.2. The lowest BCUT2D eigenvalue weighted by molar-refractivity contribution is -0.155. The second kappa shape index (κ2) is 11.4.